The first-order chi connectivity index (χ1) is 13.0. The lowest BCUT2D eigenvalue weighted by atomic mass is 10.2. The number of nitrogens with zero attached hydrogens (tertiary/aromatic N) is 2. The van der Waals surface area contributed by atoms with E-state index in [1.54, 1.807) is 0 Å². The summed E-state index contributed by atoms with van der Waals surface area (Å²) >= 11 is 0. The second-order valence-electron chi connectivity index (χ2n) is 5.31. The van der Waals surface area contributed by atoms with Crippen LogP contribution in [0.5, 0.6) is 11.5 Å². The first-order valence-electron chi connectivity index (χ1n) is 7.65. The highest BCUT2D eigenvalue weighted by atomic mass is 19.4. The topological polar surface area (TPSA) is 43.2 Å². The molecule has 0 aliphatic carbocycles. The van der Waals surface area contributed by atoms with Gasteiger partial charge in [-0.1, -0.05) is 0 Å². The highest BCUT2D eigenvalue weighted by Gasteiger charge is 2.50. The van der Waals surface area contributed by atoms with Crippen molar-refractivity contribution in [3.05, 3.63) is 48.5 Å². The minimum atomic E-state index is -5.39. The normalized spacial score (nSPS) is 13.4. The predicted molar refractivity (Wildman–Crippen MR) is 92.3 cm³/mol. The Morgan fingerprint density at radius 3 is 1.11 bits per heavy atom. The van der Waals surface area contributed by atoms with E-state index in [4.69, 9.17) is 9.47 Å². The molecule has 28 heavy (non-hydrogen) atoms. The molecule has 150 valence electrons. The largest absolute Gasteiger partial charge is 0.497 e. The number of ether oxygens (including phenoxy) is 2. The molecule has 4 nitrogen and oxygen atoms in total. The fraction of sp³-hybridized carbons (Fsp3) is 0.222. The quantitative estimate of drug-likeness (QED) is 0.476. The van der Waals surface area contributed by atoms with Gasteiger partial charge in [-0.15, -0.1) is 0 Å². The third kappa shape index (κ3) is 5.48. The van der Waals surface area contributed by atoms with Gasteiger partial charge in [0, 0.05) is 0 Å². The average molecular weight is 404 g/mol. The van der Waals surface area contributed by atoms with E-state index >= 15 is 0 Å². The molecule has 0 bridgehead atoms. The molecular formula is C18H14F6N2O2. The predicted octanol–water partition coefficient (Wildman–Crippen LogP) is 5.67. The van der Waals surface area contributed by atoms with Crippen LogP contribution in [-0.2, 0) is 0 Å². The highest BCUT2D eigenvalue weighted by Crippen LogP contribution is 2.31. The minimum absolute atomic E-state index is 0.315. The van der Waals surface area contributed by atoms with Crippen LogP contribution < -0.4 is 9.47 Å². The Balaban J connectivity index is 2.59. The van der Waals surface area contributed by atoms with Gasteiger partial charge in [-0.3, -0.25) is 0 Å². The van der Waals surface area contributed by atoms with Crippen LogP contribution in [0.25, 0.3) is 0 Å². The lowest BCUT2D eigenvalue weighted by Gasteiger charge is -2.16. The second kappa shape index (κ2) is 8.32. The van der Waals surface area contributed by atoms with Crippen LogP contribution in [0.15, 0.2) is 58.5 Å². The van der Waals surface area contributed by atoms with Crippen molar-refractivity contribution in [3.8, 4) is 11.5 Å². The number of aliphatic imine (C=N–C) groups is 2. The van der Waals surface area contributed by atoms with Crippen LogP contribution in [0.4, 0.5) is 37.7 Å². The van der Waals surface area contributed by atoms with Crippen molar-refractivity contribution in [1.82, 2.24) is 0 Å². The number of rotatable bonds is 5. The van der Waals surface area contributed by atoms with Gasteiger partial charge in [0.1, 0.15) is 11.5 Å². The number of methoxy groups -OCH3 is 2. The molecule has 0 radical (unpaired) electrons. The summed E-state index contributed by atoms with van der Waals surface area (Å²) in [5, 5.41) is 0. The minimum Gasteiger partial charge on any atom is -0.497 e. The number of alkyl halides is 6. The van der Waals surface area contributed by atoms with Crippen LogP contribution in [0.3, 0.4) is 0 Å². The van der Waals surface area contributed by atoms with E-state index in [2.05, 4.69) is 9.98 Å². The average Bonchev–Trinajstić information content (AvgIpc) is 2.63. The molecule has 2 aromatic carbocycles. The van der Waals surface area contributed by atoms with E-state index in [-0.39, 0.29) is 11.4 Å². The molecule has 0 fully saturated rings. The Labute approximate surface area is 156 Å². The van der Waals surface area contributed by atoms with Crippen LogP contribution in [-0.4, -0.2) is 38.0 Å². The SMILES string of the molecule is COc1ccc(N=C(C(=Nc2ccc(OC)cc2)C(F)(F)F)C(F)(F)F)cc1. The Bertz CT molecular complexity index is 780. The second-order valence-corrected chi connectivity index (χ2v) is 5.31. The summed E-state index contributed by atoms with van der Waals surface area (Å²) in [6, 6.07) is 9.53. The lowest BCUT2D eigenvalue weighted by Crippen LogP contribution is -2.40. The molecule has 0 aromatic heterocycles. The standard InChI is InChI=1S/C18H14F6N2O2/c1-27-13-7-3-11(4-8-13)25-15(17(19,20)21)16(18(22,23)24)26-12-5-9-14(28-2)10-6-12/h3-10H,1-2H3. The summed E-state index contributed by atoms with van der Waals surface area (Å²) in [5.41, 5.74) is -4.97. The Hall–Kier alpha value is -3.04. The molecular weight excluding hydrogens is 390 g/mol. The molecule has 2 aromatic rings. The van der Waals surface area contributed by atoms with Crippen molar-refractivity contribution < 1.29 is 35.8 Å². The van der Waals surface area contributed by atoms with Crippen molar-refractivity contribution in [2.24, 2.45) is 9.98 Å². The number of halogens is 6. The number of hydrogen-bond donors (Lipinski definition) is 0. The summed E-state index contributed by atoms with van der Waals surface area (Å²) in [4.78, 5) is 6.33. The van der Waals surface area contributed by atoms with Crippen molar-refractivity contribution in [2.75, 3.05) is 14.2 Å². The maximum Gasteiger partial charge on any atom is 0.435 e. The van der Waals surface area contributed by atoms with Crippen molar-refractivity contribution in [2.45, 2.75) is 12.4 Å². The third-order valence-electron chi connectivity index (χ3n) is 3.39. The van der Waals surface area contributed by atoms with E-state index in [0.29, 0.717) is 11.5 Å². The highest BCUT2D eigenvalue weighted by molar-refractivity contribution is 6.47. The molecule has 10 heteroatoms. The molecule has 0 heterocycles. The summed E-state index contributed by atoms with van der Waals surface area (Å²) in [6.45, 7) is 0. The lowest BCUT2D eigenvalue weighted by molar-refractivity contribution is -0.0709. The van der Waals surface area contributed by atoms with Crippen molar-refractivity contribution in [3.63, 3.8) is 0 Å². The molecule has 0 atom stereocenters. The maximum atomic E-state index is 13.4. The van der Waals surface area contributed by atoms with Crippen LogP contribution in [0.2, 0.25) is 0 Å². The van der Waals surface area contributed by atoms with Gasteiger partial charge in [0.25, 0.3) is 0 Å². The van der Waals surface area contributed by atoms with Gasteiger partial charge < -0.3 is 9.47 Å². The number of hydrogen-bond acceptors (Lipinski definition) is 4. The van der Waals surface area contributed by atoms with Gasteiger partial charge in [-0.2, -0.15) is 26.3 Å². The van der Waals surface area contributed by atoms with Gasteiger partial charge in [-0.25, -0.2) is 9.98 Å². The smallest absolute Gasteiger partial charge is 0.435 e. The zero-order valence-electron chi connectivity index (χ0n) is 14.6. The molecule has 0 amide bonds. The van der Waals surface area contributed by atoms with Crippen molar-refractivity contribution >= 4 is 22.8 Å². The van der Waals surface area contributed by atoms with E-state index < -0.39 is 23.8 Å². The Kier molecular flexibility index (Phi) is 6.32. The number of benzene rings is 2. The van der Waals surface area contributed by atoms with E-state index in [1.165, 1.54) is 38.5 Å². The summed E-state index contributed by atoms with van der Waals surface area (Å²) < 4.78 is 90.1. The summed E-state index contributed by atoms with van der Waals surface area (Å²) in [6.07, 6.45) is -10.8. The first kappa shape index (κ1) is 21.3. The first-order valence-corrected chi connectivity index (χ1v) is 7.65. The van der Waals surface area contributed by atoms with Gasteiger partial charge in [0.15, 0.2) is 11.4 Å². The molecule has 0 aliphatic rings. The molecule has 0 spiro atoms. The zero-order valence-corrected chi connectivity index (χ0v) is 14.6. The summed E-state index contributed by atoms with van der Waals surface area (Å²) in [7, 11) is 2.67. The van der Waals surface area contributed by atoms with E-state index in [9.17, 15) is 26.3 Å². The molecule has 0 saturated carbocycles. The Morgan fingerprint density at radius 2 is 0.893 bits per heavy atom. The Morgan fingerprint density at radius 1 is 0.607 bits per heavy atom. The molecule has 0 saturated heterocycles. The fourth-order valence-electron chi connectivity index (χ4n) is 2.07. The molecule has 0 N–H and O–H groups in total. The van der Waals surface area contributed by atoms with Gasteiger partial charge in [0.2, 0.25) is 0 Å². The van der Waals surface area contributed by atoms with E-state index in [0.717, 1.165) is 24.3 Å². The van der Waals surface area contributed by atoms with E-state index in [1.807, 2.05) is 0 Å². The van der Waals surface area contributed by atoms with Crippen LogP contribution in [0, 0.1) is 0 Å². The molecule has 2 rings (SSSR count). The third-order valence-corrected chi connectivity index (χ3v) is 3.39. The van der Waals surface area contributed by atoms with Crippen LogP contribution in [0.1, 0.15) is 0 Å². The monoisotopic (exact) mass is 404 g/mol. The zero-order chi connectivity index (χ0) is 20.9. The van der Waals surface area contributed by atoms with Gasteiger partial charge in [0.05, 0.1) is 25.6 Å². The van der Waals surface area contributed by atoms with Crippen molar-refractivity contribution in [1.29, 1.82) is 0 Å². The summed E-state index contributed by atoms with van der Waals surface area (Å²) in [5.74, 6) is 0.630. The van der Waals surface area contributed by atoms with Gasteiger partial charge >= 0.3 is 12.4 Å². The van der Waals surface area contributed by atoms with Gasteiger partial charge in [-0.05, 0) is 48.5 Å². The van der Waals surface area contributed by atoms with Crippen LogP contribution >= 0.6 is 0 Å². The molecule has 0 aliphatic heterocycles. The fourth-order valence-corrected chi connectivity index (χ4v) is 2.07. The molecule has 0 unspecified atom stereocenters. The maximum absolute atomic E-state index is 13.4.